The second kappa shape index (κ2) is 5.58. The van der Waals surface area contributed by atoms with Crippen LogP contribution < -0.4 is 16.0 Å². The number of nitrogens with one attached hydrogen (secondary N) is 2. The zero-order valence-electron chi connectivity index (χ0n) is 10.3. The van der Waals surface area contributed by atoms with Crippen molar-refractivity contribution in [3.05, 3.63) is 47.9 Å². The number of benzene rings is 1. The van der Waals surface area contributed by atoms with E-state index in [4.69, 9.17) is 5.84 Å². The molecule has 0 amide bonds. The van der Waals surface area contributed by atoms with Crippen LogP contribution in [-0.2, 0) is 10.0 Å². The molecule has 21 heavy (non-hydrogen) atoms. The number of nitrogens with two attached hydrogens (primary N) is 1. The van der Waals surface area contributed by atoms with E-state index in [0.29, 0.717) is 12.1 Å². The van der Waals surface area contributed by atoms with Crippen LogP contribution >= 0.6 is 0 Å². The predicted molar refractivity (Wildman–Crippen MR) is 69.2 cm³/mol. The fourth-order valence-electron chi connectivity index (χ4n) is 1.46. The van der Waals surface area contributed by atoms with Crippen molar-refractivity contribution in [2.24, 2.45) is 5.84 Å². The van der Waals surface area contributed by atoms with Gasteiger partial charge in [0.05, 0.1) is 5.69 Å². The number of halogens is 3. The van der Waals surface area contributed by atoms with Gasteiger partial charge in [-0.15, -0.1) is 0 Å². The zero-order valence-corrected chi connectivity index (χ0v) is 11.1. The maximum Gasteiger partial charge on any atom is 0.263 e. The number of hydrazine groups is 1. The number of sulfonamides is 1. The summed E-state index contributed by atoms with van der Waals surface area (Å²) in [6.45, 7) is 0. The van der Waals surface area contributed by atoms with Crippen molar-refractivity contribution in [3.8, 4) is 0 Å². The summed E-state index contributed by atoms with van der Waals surface area (Å²) in [5.74, 6) is 1.15. The molecule has 2 rings (SSSR count). The first-order valence-electron chi connectivity index (χ1n) is 5.43. The topological polar surface area (TPSA) is 97.1 Å². The van der Waals surface area contributed by atoms with E-state index >= 15 is 0 Å². The van der Waals surface area contributed by atoms with Crippen molar-refractivity contribution in [3.63, 3.8) is 0 Å². The molecule has 4 N–H and O–H groups in total. The lowest BCUT2D eigenvalue weighted by molar-refractivity contribution is 0.498. The summed E-state index contributed by atoms with van der Waals surface area (Å²) in [7, 11) is -4.25. The minimum absolute atomic E-state index is 0.205. The Balaban J connectivity index is 2.37. The van der Waals surface area contributed by atoms with E-state index < -0.39 is 33.2 Å². The number of aromatic nitrogens is 1. The maximum atomic E-state index is 13.4. The summed E-state index contributed by atoms with van der Waals surface area (Å²) >= 11 is 0. The summed E-state index contributed by atoms with van der Waals surface area (Å²) in [6.07, 6.45) is 0.949. The molecule has 0 aliphatic rings. The average molecular weight is 318 g/mol. The molecule has 1 aromatic heterocycles. The van der Waals surface area contributed by atoms with Gasteiger partial charge in [0.2, 0.25) is 0 Å². The molecule has 0 unspecified atom stereocenters. The van der Waals surface area contributed by atoms with Crippen LogP contribution in [0, 0.1) is 17.5 Å². The van der Waals surface area contributed by atoms with Crippen molar-refractivity contribution >= 4 is 21.5 Å². The summed E-state index contributed by atoms with van der Waals surface area (Å²) in [4.78, 5) is 3.34. The Hall–Kier alpha value is -2.33. The molecule has 10 heteroatoms. The van der Waals surface area contributed by atoms with Gasteiger partial charge in [-0.3, -0.25) is 4.72 Å². The van der Waals surface area contributed by atoms with E-state index in [0.717, 1.165) is 12.3 Å². The van der Waals surface area contributed by atoms with Crippen LogP contribution in [0.2, 0.25) is 0 Å². The van der Waals surface area contributed by atoms with Gasteiger partial charge in [0, 0.05) is 18.3 Å². The molecule has 0 spiro atoms. The fourth-order valence-corrected chi connectivity index (χ4v) is 2.45. The number of hydrogen-bond acceptors (Lipinski definition) is 5. The molecule has 0 saturated heterocycles. The lowest BCUT2D eigenvalue weighted by atomic mass is 10.3. The number of pyridine rings is 1. The number of nitrogens with zero attached hydrogens (tertiary/aromatic N) is 1. The molecule has 2 aromatic rings. The summed E-state index contributed by atoms with van der Waals surface area (Å²) in [5, 5.41) is 0. The number of rotatable bonds is 4. The molecule has 6 nitrogen and oxygen atoms in total. The van der Waals surface area contributed by atoms with Gasteiger partial charge in [-0.25, -0.2) is 32.4 Å². The Morgan fingerprint density at radius 3 is 2.43 bits per heavy atom. The Morgan fingerprint density at radius 1 is 1.14 bits per heavy atom. The first kappa shape index (κ1) is 15.1. The highest BCUT2D eigenvalue weighted by molar-refractivity contribution is 7.92. The van der Waals surface area contributed by atoms with Gasteiger partial charge in [-0.05, 0) is 12.1 Å². The van der Waals surface area contributed by atoms with Gasteiger partial charge in [0.25, 0.3) is 10.0 Å². The highest BCUT2D eigenvalue weighted by Crippen LogP contribution is 2.22. The molecule has 0 saturated carbocycles. The normalized spacial score (nSPS) is 11.2. The largest absolute Gasteiger partial charge is 0.308 e. The summed E-state index contributed by atoms with van der Waals surface area (Å²) in [6, 6.07) is 3.23. The van der Waals surface area contributed by atoms with Crippen LogP contribution in [0.25, 0.3) is 0 Å². The number of hydrogen-bond donors (Lipinski definition) is 3. The highest BCUT2D eigenvalue weighted by atomic mass is 32.2. The third-order valence-electron chi connectivity index (χ3n) is 2.43. The van der Waals surface area contributed by atoms with Crippen molar-refractivity contribution in [1.82, 2.24) is 4.98 Å². The molecule has 0 fully saturated rings. The first-order chi connectivity index (χ1) is 9.83. The smallest absolute Gasteiger partial charge is 0.263 e. The van der Waals surface area contributed by atoms with E-state index in [1.165, 1.54) is 6.07 Å². The molecule has 0 bridgehead atoms. The summed E-state index contributed by atoms with van der Waals surface area (Å²) in [5.41, 5.74) is 1.35. The molecular formula is C11H9F3N4O2S. The van der Waals surface area contributed by atoms with Crippen LogP contribution in [0.15, 0.2) is 35.4 Å². The number of anilines is 2. The summed E-state index contributed by atoms with van der Waals surface area (Å²) < 4.78 is 65.1. The Kier molecular flexibility index (Phi) is 4.00. The van der Waals surface area contributed by atoms with Crippen LogP contribution in [0.1, 0.15) is 0 Å². The molecular weight excluding hydrogens is 309 g/mol. The standard InChI is InChI=1S/C11H9F3N4O2S/c12-6-3-8(13)11(14)9(4-6)18-21(19,20)7-1-2-10(17-15)16-5-7/h1-5,18H,15H2,(H,16,17). The minimum atomic E-state index is -4.25. The molecule has 0 radical (unpaired) electrons. The Bertz CT molecular complexity index is 766. The zero-order chi connectivity index (χ0) is 15.6. The second-order valence-corrected chi connectivity index (χ2v) is 5.56. The predicted octanol–water partition coefficient (Wildman–Crippen LogP) is 1.59. The van der Waals surface area contributed by atoms with Crippen molar-refractivity contribution in [2.75, 3.05) is 10.1 Å². The molecule has 1 heterocycles. The first-order valence-corrected chi connectivity index (χ1v) is 6.92. The van der Waals surface area contributed by atoms with Gasteiger partial charge in [0.15, 0.2) is 11.6 Å². The third kappa shape index (κ3) is 3.23. The lowest BCUT2D eigenvalue weighted by Gasteiger charge is -2.09. The molecule has 0 aliphatic carbocycles. The van der Waals surface area contributed by atoms with Gasteiger partial charge in [-0.1, -0.05) is 0 Å². The van der Waals surface area contributed by atoms with Crippen LogP contribution in [0.3, 0.4) is 0 Å². The van der Waals surface area contributed by atoms with E-state index in [9.17, 15) is 21.6 Å². The van der Waals surface area contributed by atoms with Crippen molar-refractivity contribution < 1.29 is 21.6 Å². The van der Waals surface area contributed by atoms with Crippen LogP contribution in [0.5, 0.6) is 0 Å². The average Bonchev–Trinajstić information content (AvgIpc) is 2.44. The minimum Gasteiger partial charge on any atom is -0.308 e. The van der Waals surface area contributed by atoms with E-state index in [2.05, 4.69) is 10.4 Å². The van der Waals surface area contributed by atoms with Crippen LogP contribution in [0.4, 0.5) is 24.7 Å². The van der Waals surface area contributed by atoms with Gasteiger partial charge < -0.3 is 5.43 Å². The second-order valence-electron chi connectivity index (χ2n) is 3.88. The van der Waals surface area contributed by atoms with Crippen molar-refractivity contribution in [1.29, 1.82) is 0 Å². The van der Waals surface area contributed by atoms with Gasteiger partial charge in [0.1, 0.15) is 16.5 Å². The molecule has 0 atom stereocenters. The van der Waals surface area contributed by atoms with Crippen molar-refractivity contribution in [2.45, 2.75) is 4.90 Å². The quantitative estimate of drug-likeness (QED) is 0.452. The highest BCUT2D eigenvalue weighted by Gasteiger charge is 2.19. The SMILES string of the molecule is NNc1ccc(S(=O)(=O)Nc2cc(F)cc(F)c2F)cn1. The maximum absolute atomic E-state index is 13.4. The van der Waals surface area contributed by atoms with E-state index in [1.54, 1.807) is 4.72 Å². The van der Waals surface area contributed by atoms with Gasteiger partial charge in [-0.2, -0.15) is 0 Å². The molecule has 1 aromatic carbocycles. The molecule has 112 valence electrons. The Labute approximate surface area is 117 Å². The third-order valence-corrected chi connectivity index (χ3v) is 3.78. The van der Waals surface area contributed by atoms with E-state index in [1.807, 2.05) is 0 Å². The molecule has 0 aliphatic heterocycles. The van der Waals surface area contributed by atoms with E-state index in [-0.39, 0.29) is 10.7 Å². The monoisotopic (exact) mass is 318 g/mol. The Morgan fingerprint density at radius 2 is 1.86 bits per heavy atom. The lowest BCUT2D eigenvalue weighted by Crippen LogP contribution is -2.15. The number of nitrogen functional groups attached to an aromatic ring is 1. The van der Waals surface area contributed by atoms with Gasteiger partial charge >= 0.3 is 0 Å². The van der Waals surface area contributed by atoms with Crippen LogP contribution in [-0.4, -0.2) is 13.4 Å². The fraction of sp³-hybridized carbons (Fsp3) is 0.